The summed E-state index contributed by atoms with van der Waals surface area (Å²) in [7, 11) is 3.46. The number of rotatable bonds is 8. The molecule has 0 bridgehead atoms. The maximum atomic E-state index is 11.9. The number of hydrogen-bond acceptors (Lipinski definition) is 4. The number of nitrogens with one attached hydrogen (secondary N) is 2. The number of amides is 1. The summed E-state index contributed by atoms with van der Waals surface area (Å²) < 4.78 is 4.95. The molecule has 0 unspecified atom stereocenters. The van der Waals surface area contributed by atoms with Crippen LogP contribution in [0.1, 0.15) is 18.1 Å². The summed E-state index contributed by atoms with van der Waals surface area (Å²) in [6.45, 7) is 7.92. The Labute approximate surface area is 185 Å². The number of carbonyl (C=O) groups excluding carboxylic acids is 1. The van der Waals surface area contributed by atoms with E-state index in [9.17, 15) is 4.79 Å². The van der Waals surface area contributed by atoms with Crippen molar-refractivity contribution >= 4 is 35.8 Å². The second-order valence-electron chi connectivity index (χ2n) is 6.63. The van der Waals surface area contributed by atoms with E-state index in [4.69, 9.17) is 4.74 Å². The van der Waals surface area contributed by atoms with Gasteiger partial charge in [-0.3, -0.25) is 14.7 Å². The lowest BCUT2D eigenvalue weighted by atomic mass is 10.1. The number of piperazine rings is 1. The predicted octanol–water partition coefficient (Wildman–Crippen LogP) is 1.32. The van der Waals surface area contributed by atoms with Gasteiger partial charge in [0.1, 0.15) is 0 Å². The molecule has 0 radical (unpaired) electrons. The summed E-state index contributed by atoms with van der Waals surface area (Å²) in [5.74, 6) is 0.976. The molecule has 0 aromatic heterocycles. The SMILES string of the molecule is CCc1ccccc1CNC(=NC)N1CCN(CC(=O)NCCOC)CC1.I. The van der Waals surface area contributed by atoms with Gasteiger partial charge in [0.2, 0.25) is 5.91 Å². The van der Waals surface area contributed by atoms with Gasteiger partial charge in [-0.25, -0.2) is 0 Å². The number of carbonyl (C=O) groups is 1. The number of guanidine groups is 1. The molecule has 0 aliphatic carbocycles. The molecule has 0 atom stereocenters. The highest BCUT2D eigenvalue weighted by Gasteiger charge is 2.21. The van der Waals surface area contributed by atoms with Crippen LogP contribution in [0, 0.1) is 0 Å². The highest BCUT2D eigenvalue weighted by Crippen LogP contribution is 2.09. The van der Waals surface area contributed by atoms with Gasteiger partial charge < -0.3 is 20.3 Å². The van der Waals surface area contributed by atoms with E-state index < -0.39 is 0 Å². The van der Waals surface area contributed by atoms with Gasteiger partial charge in [-0.05, 0) is 17.5 Å². The fraction of sp³-hybridized carbons (Fsp3) is 0.600. The van der Waals surface area contributed by atoms with Crippen LogP contribution in [0.4, 0.5) is 0 Å². The van der Waals surface area contributed by atoms with Crippen LogP contribution < -0.4 is 10.6 Å². The van der Waals surface area contributed by atoms with Gasteiger partial charge in [-0.15, -0.1) is 24.0 Å². The van der Waals surface area contributed by atoms with E-state index in [0.717, 1.165) is 45.1 Å². The number of hydrogen-bond donors (Lipinski definition) is 2. The first kappa shape index (κ1) is 24.6. The van der Waals surface area contributed by atoms with Crippen LogP contribution in [0.15, 0.2) is 29.3 Å². The molecule has 0 spiro atoms. The lowest BCUT2D eigenvalue weighted by Crippen LogP contribution is -2.54. The van der Waals surface area contributed by atoms with E-state index in [1.807, 2.05) is 7.05 Å². The Morgan fingerprint density at radius 3 is 2.43 bits per heavy atom. The molecule has 1 heterocycles. The zero-order chi connectivity index (χ0) is 19.5. The van der Waals surface area contributed by atoms with Gasteiger partial charge in [0.25, 0.3) is 0 Å². The highest BCUT2D eigenvalue weighted by molar-refractivity contribution is 14.0. The van der Waals surface area contributed by atoms with Crippen LogP contribution in [-0.4, -0.2) is 81.7 Å². The number of methoxy groups -OCH3 is 1. The summed E-state index contributed by atoms with van der Waals surface area (Å²) in [5, 5.41) is 6.35. The molecule has 0 saturated carbocycles. The first-order chi connectivity index (χ1) is 13.2. The first-order valence-corrected chi connectivity index (χ1v) is 9.68. The quantitative estimate of drug-likeness (QED) is 0.243. The maximum absolute atomic E-state index is 11.9. The Hall–Kier alpha value is -1.39. The summed E-state index contributed by atoms with van der Waals surface area (Å²) in [6.07, 6.45) is 1.03. The first-order valence-electron chi connectivity index (χ1n) is 9.68. The van der Waals surface area contributed by atoms with E-state index in [-0.39, 0.29) is 29.9 Å². The van der Waals surface area contributed by atoms with Crippen molar-refractivity contribution in [3.05, 3.63) is 35.4 Å². The zero-order valence-corrected chi connectivity index (χ0v) is 19.6. The topological polar surface area (TPSA) is 69.2 Å². The lowest BCUT2D eigenvalue weighted by Gasteiger charge is -2.36. The van der Waals surface area contributed by atoms with Crippen molar-refractivity contribution in [1.82, 2.24) is 20.4 Å². The molecule has 2 N–H and O–H groups in total. The van der Waals surface area contributed by atoms with E-state index >= 15 is 0 Å². The third-order valence-corrected chi connectivity index (χ3v) is 4.82. The van der Waals surface area contributed by atoms with Gasteiger partial charge in [-0.2, -0.15) is 0 Å². The molecule has 1 amide bonds. The Bertz CT molecular complexity index is 618. The molecule has 1 saturated heterocycles. The van der Waals surface area contributed by atoms with Gasteiger partial charge in [0, 0.05) is 53.4 Å². The number of aryl methyl sites for hydroxylation is 1. The fourth-order valence-electron chi connectivity index (χ4n) is 3.25. The van der Waals surface area contributed by atoms with Gasteiger partial charge in [0.15, 0.2) is 5.96 Å². The maximum Gasteiger partial charge on any atom is 0.234 e. The van der Waals surface area contributed by atoms with Gasteiger partial charge in [0.05, 0.1) is 13.2 Å². The summed E-state index contributed by atoms with van der Waals surface area (Å²) >= 11 is 0. The van der Waals surface area contributed by atoms with Crippen molar-refractivity contribution in [3.63, 3.8) is 0 Å². The second-order valence-corrected chi connectivity index (χ2v) is 6.63. The van der Waals surface area contributed by atoms with Crippen molar-refractivity contribution in [2.24, 2.45) is 4.99 Å². The Morgan fingerprint density at radius 1 is 1.14 bits per heavy atom. The molecule has 1 fully saturated rings. The monoisotopic (exact) mass is 503 g/mol. The molecule has 28 heavy (non-hydrogen) atoms. The highest BCUT2D eigenvalue weighted by atomic mass is 127. The normalized spacial score (nSPS) is 15.1. The standard InChI is InChI=1S/C20H33N5O2.HI/c1-4-17-7-5-6-8-18(17)15-23-20(21-2)25-12-10-24(11-13-25)16-19(26)22-9-14-27-3;/h5-8H,4,9-16H2,1-3H3,(H,21,23)(H,22,26);1H. The molecular formula is C20H34IN5O2. The van der Waals surface area contributed by atoms with E-state index in [1.165, 1.54) is 11.1 Å². The van der Waals surface area contributed by atoms with Crippen LogP contribution in [0.2, 0.25) is 0 Å². The average molecular weight is 503 g/mol. The van der Waals surface area contributed by atoms with Crippen LogP contribution in [-0.2, 0) is 22.5 Å². The Kier molecular flexibility index (Phi) is 12.1. The van der Waals surface area contributed by atoms with E-state index in [2.05, 4.69) is 56.6 Å². The summed E-state index contributed by atoms with van der Waals surface area (Å²) in [5.41, 5.74) is 2.68. The van der Waals surface area contributed by atoms with Crippen molar-refractivity contribution in [3.8, 4) is 0 Å². The molecule has 158 valence electrons. The molecule has 1 aliphatic heterocycles. The lowest BCUT2D eigenvalue weighted by molar-refractivity contribution is -0.122. The fourth-order valence-corrected chi connectivity index (χ4v) is 3.25. The number of halogens is 1. The minimum absolute atomic E-state index is 0. The minimum Gasteiger partial charge on any atom is -0.383 e. The van der Waals surface area contributed by atoms with Crippen LogP contribution >= 0.6 is 24.0 Å². The zero-order valence-electron chi connectivity index (χ0n) is 17.2. The summed E-state index contributed by atoms with van der Waals surface area (Å²) in [4.78, 5) is 20.8. The third kappa shape index (κ3) is 7.92. The molecule has 8 heteroatoms. The van der Waals surface area contributed by atoms with E-state index in [0.29, 0.717) is 19.7 Å². The summed E-state index contributed by atoms with van der Waals surface area (Å²) in [6, 6.07) is 8.51. The molecule has 1 aromatic carbocycles. The number of nitrogens with zero attached hydrogens (tertiary/aromatic N) is 3. The van der Waals surface area contributed by atoms with E-state index in [1.54, 1.807) is 7.11 Å². The van der Waals surface area contributed by atoms with Crippen molar-refractivity contribution in [2.75, 3.05) is 60.0 Å². The van der Waals surface area contributed by atoms with Crippen LogP contribution in [0.3, 0.4) is 0 Å². The molecule has 2 rings (SSSR count). The van der Waals surface area contributed by atoms with Gasteiger partial charge in [-0.1, -0.05) is 31.2 Å². The number of aliphatic imine (C=N–C) groups is 1. The minimum atomic E-state index is 0. The van der Waals surface area contributed by atoms with Crippen LogP contribution in [0.5, 0.6) is 0 Å². The van der Waals surface area contributed by atoms with Crippen molar-refractivity contribution in [1.29, 1.82) is 0 Å². The Morgan fingerprint density at radius 2 is 1.82 bits per heavy atom. The molecular weight excluding hydrogens is 469 g/mol. The van der Waals surface area contributed by atoms with Crippen molar-refractivity contribution < 1.29 is 9.53 Å². The molecule has 1 aromatic rings. The third-order valence-electron chi connectivity index (χ3n) is 4.82. The van der Waals surface area contributed by atoms with Crippen LogP contribution in [0.25, 0.3) is 0 Å². The number of benzene rings is 1. The molecule has 1 aliphatic rings. The second kappa shape index (κ2) is 13.7. The Balaban J connectivity index is 0.00000392. The predicted molar refractivity (Wildman–Crippen MR) is 124 cm³/mol. The molecule has 7 nitrogen and oxygen atoms in total. The van der Waals surface area contributed by atoms with Crippen molar-refractivity contribution in [2.45, 2.75) is 19.9 Å². The van der Waals surface area contributed by atoms with Gasteiger partial charge >= 0.3 is 0 Å². The smallest absolute Gasteiger partial charge is 0.234 e. The average Bonchev–Trinajstić information content (AvgIpc) is 2.70. The number of ether oxygens (including phenoxy) is 1. The largest absolute Gasteiger partial charge is 0.383 e.